The molecule has 0 aliphatic heterocycles. The van der Waals surface area contributed by atoms with Crippen LogP contribution in [0.15, 0.2) is 36.4 Å². The molecule has 3 heteroatoms. The zero-order chi connectivity index (χ0) is 12.0. The maximum atomic E-state index is 2.22. The molecule has 0 amide bonds. The van der Waals surface area contributed by atoms with Gasteiger partial charge in [0.1, 0.15) is 0 Å². The van der Waals surface area contributed by atoms with Crippen LogP contribution in [0.3, 0.4) is 0 Å². The fourth-order valence-electron chi connectivity index (χ4n) is 1.69. The minimum Gasteiger partial charge on any atom is -1.00 e. The standard InChI is InChI=1S/2C8H11.2ClH.Cr/c2*1-3-8-5-4-7(2)6-8;;;/h2*4-6H,3H2,1-2H3;2*1H;/q2*-1;;;+4/p-2. The van der Waals surface area contributed by atoms with Crippen molar-refractivity contribution in [3.63, 3.8) is 0 Å². The van der Waals surface area contributed by atoms with Gasteiger partial charge >= 0.3 is 17.4 Å². The van der Waals surface area contributed by atoms with E-state index >= 15 is 0 Å². The Kier molecular flexibility index (Phi) is 16.1. The Labute approximate surface area is 141 Å². The van der Waals surface area contributed by atoms with Gasteiger partial charge < -0.3 is 24.8 Å². The second-order valence-corrected chi connectivity index (χ2v) is 4.30. The summed E-state index contributed by atoms with van der Waals surface area (Å²) in [5.74, 6) is 0. The molecule has 0 aliphatic carbocycles. The second-order valence-electron chi connectivity index (χ2n) is 4.30. The maximum absolute atomic E-state index is 2.22. The summed E-state index contributed by atoms with van der Waals surface area (Å²) in [6, 6.07) is 13.1. The molecular weight excluding hydrogens is 315 g/mol. The summed E-state index contributed by atoms with van der Waals surface area (Å²) in [4.78, 5) is 0. The Morgan fingerprint density at radius 2 is 1.11 bits per heavy atom. The van der Waals surface area contributed by atoms with Crippen LogP contribution in [0.1, 0.15) is 36.1 Å². The van der Waals surface area contributed by atoms with Gasteiger partial charge in [-0.1, -0.05) is 40.5 Å². The largest absolute Gasteiger partial charge is 4.00 e. The molecule has 0 heterocycles. The molecule has 0 unspecified atom stereocenters. The fraction of sp³-hybridized carbons (Fsp3) is 0.375. The van der Waals surface area contributed by atoms with Gasteiger partial charge in [-0.15, -0.1) is 0 Å². The van der Waals surface area contributed by atoms with Gasteiger partial charge in [-0.25, -0.2) is 12.1 Å². The van der Waals surface area contributed by atoms with Crippen molar-refractivity contribution in [2.24, 2.45) is 0 Å². The van der Waals surface area contributed by atoms with E-state index in [9.17, 15) is 0 Å². The predicted molar refractivity (Wildman–Crippen MR) is 72.3 cm³/mol. The molecule has 0 saturated heterocycles. The molecular formula is C16H22Cl2Cr. The number of halogens is 2. The van der Waals surface area contributed by atoms with Gasteiger partial charge in [0.05, 0.1) is 0 Å². The Morgan fingerprint density at radius 3 is 1.21 bits per heavy atom. The number of hydrogen-bond donors (Lipinski definition) is 0. The molecule has 0 fully saturated rings. The average molecular weight is 337 g/mol. The first kappa shape index (κ1) is 23.9. The van der Waals surface area contributed by atoms with E-state index in [1.165, 1.54) is 22.3 Å². The van der Waals surface area contributed by atoms with E-state index in [1.807, 2.05) is 0 Å². The number of rotatable bonds is 2. The van der Waals surface area contributed by atoms with E-state index in [4.69, 9.17) is 0 Å². The van der Waals surface area contributed by atoms with Crippen molar-refractivity contribution >= 4 is 0 Å². The van der Waals surface area contributed by atoms with Crippen LogP contribution in [0.2, 0.25) is 0 Å². The average Bonchev–Trinajstić information content (AvgIpc) is 2.88. The smallest absolute Gasteiger partial charge is 1.00 e. The van der Waals surface area contributed by atoms with Crippen LogP contribution < -0.4 is 24.8 Å². The fourth-order valence-corrected chi connectivity index (χ4v) is 1.69. The molecule has 0 bridgehead atoms. The van der Waals surface area contributed by atoms with E-state index in [0.717, 1.165) is 12.8 Å². The van der Waals surface area contributed by atoms with E-state index in [1.54, 1.807) is 0 Å². The molecule has 0 N–H and O–H groups in total. The molecule has 0 spiro atoms. The normalized spacial score (nSPS) is 8.21. The van der Waals surface area contributed by atoms with Crippen molar-refractivity contribution < 1.29 is 42.2 Å². The SMILES string of the molecule is CCc1cc[c-](C)c1.CCc1cc[c-](C)c1.[Cl-].[Cl-].[Cr+4]. The molecule has 0 saturated carbocycles. The van der Waals surface area contributed by atoms with Crippen LogP contribution in [0.25, 0.3) is 0 Å². The van der Waals surface area contributed by atoms with E-state index < -0.39 is 0 Å². The first-order chi connectivity index (χ1) is 7.65. The zero-order valence-corrected chi connectivity index (χ0v) is 14.8. The van der Waals surface area contributed by atoms with Crippen LogP contribution in [0.5, 0.6) is 0 Å². The maximum Gasteiger partial charge on any atom is 4.00 e. The Hall–Kier alpha value is -0.188. The topological polar surface area (TPSA) is 0 Å². The summed E-state index contributed by atoms with van der Waals surface area (Å²) < 4.78 is 0. The summed E-state index contributed by atoms with van der Waals surface area (Å²) in [6.45, 7) is 8.60. The van der Waals surface area contributed by atoms with Gasteiger partial charge in [-0.05, 0) is 0 Å². The van der Waals surface area contributed by atoms with Crippen molar-refractivity contribution in [2.45, 2.75) is 40.5 Å². The first-order valence-corrected chi connectivity index (χ1v) is 6.10. The predicted octanol–water partition coefficient (Wildman–Crippen LogP) is -1.44. The van der Waals surface area contributed by atoms with Crippen molar-refractivity contribution in [1.29, 1.82) is 0 Å². The third kappa shape index (κ3) is 9.36. The Bertz CT molecular complexity index is 376. The molecule has 106 valence electrons. The third-order valence-corrected chi connectivity index (χ3v) is 2.76. The second kappa shape index (κ2) is 12.8. The van der Waals surface area contributed by atoms with E-state index in [2.05, 4.69) is 64.1 Å². The molecule has 0 aliphatic rings. The zero-order valence-electron chi connectivity index (χ0n) is 12.0. The van der Waals surface area contributed by atoms with Crippen LogP contribution in [-0.2, 0) is 30.2 Å². The molecule has 2 rings (SSSR count). The van der Waals surface area contributed by atoms with Gasteiger partial charge in [0.25, 0.3) is 0 Å². The van der Waals surface area contributed by atoms with E-state index in [-0.39, 0.29) is 42.2 Å². The molecule has 0 aromatic heterocycles. The van der Waals surface area contributed by atoms with Gasteiger partial charge in [0.15, 0.2) is 0 Å². The quantitative estimate of drug-likeness (QED) is 0.589. The van der Waals surface area contributed by atoms with Gasteiger partial charge in [0.2, 0.25) is 0 Å². The molecule has 2 aromatic rings. The summed E-state index contributed by atoms with van der Waals surface area (Å²) in [7, 11) is 0. The third-order valence-electron chi connectivity index (χ3n) is 2.76. The Balaban J connectivity index is -0.000000233. The monoisotopic (exact) mass is 336 g/mol. The molecule has 0 nitrogen and oxygen atoms in total. The molecule has 2 aromatic carbocycles. The molecule has 0 radical (unpaired) electrons. The van der Waals surface area contributed by atoms with Gasteiger partial charge in [-0.3, -0.25) is 0 Å². The minimum atomic E-state index is 0. The summed E-state index contributed by atoms with van der Waals surface area (Å²) >= 11 is 0. The van der Waals surface area contributed by atoms with Crippen molar-refractivity contribution in [3.8, 4) is 0 Å². The van der Waals surface area contributed by atoms with Gasteiger partial charge in [-0.2, -0.15) is 46.5 Å². The van der Waals surface area contributed by atoms with Crippen LogP contribution in [-0.4, -0.2) is 0 Å². The number of aryl methyl sites for hydroxylation is 4. The van der Waals surface area contributed by atoms with Crippen LogP contribution in [0.4, 0.5) is 0 Å². The molecule has 0 atom stereocenters. The van der Waals surface area contributed by atoms with E-state index in [0.29, 0.717) is 0 Å². The van der Waals surface area contributed by atoms with Crippen molar-refractivity contribution in [1.82, 2.24) is 0 Å². The summed E-state index contributed by atoms with van der Waals surface area (Å²) in [6.07, 6.45) is 2.32. The minimum absolute atomic E-state index is 0. The summed E-state index contributed by atoms with van der Waals surface area (Å²) in [5.41, 5.74) is 5.65. The van der Waals surface area contributed by atoms with Crippen molar-refractivity contribution in [3.05, 3.63) is 58.7 Å². The summed E-state index contributed by atoms with van der Waals surface area (Å²) in [5, 5.41) is 0. The molecule has 19 heavy (non-hydrogen) atoms. The van der Waals surface area contributed by atoms with Crippen molar-refractivity contribution in [2.75, 3.05) is 0 Å². The van der Waals surface area contributed by atoms with Crippen LogP contribution in [0, 0.1) is 13.8 Å². The Morgan fingerprint density at radius 1 is 0.789 bits per heavy atom. The van der Waals surface area contributed by atoms with Gasteiger partial charge in [0, 0.05) is 0 Å². The first-order valence-electron chi connectivity index (χ1n) is 6.10. The van der Waals surface area contributed by atoms with Crippen LogP contribution >= 0.6 is 0 Å². The number of hydrogen-bond acceptors (Lipinski definition) is 0.